The highest BCUT2D eigenvalue weighted by Gasteiger charge is 2.12. The third-order valence-corrected chi connectivity index (χ3v) is 7.09. The molecule has 2 aromatic carbocycles. The number of carbonyl (C=O) groups is 3. The molecule has 0 radical (unpaired) electrons. The summed E-state index contributed by atoms with van der Waals surface area (Å²) < 4.78 is 7.07. The van der Waals surface area contributed by atoms with Crippen molar-refractivity contribution in [2.24, 2.45) is 0 Å². The largest absolute Gasteiger partial charge is 0.462 e. The molecule has 0 aliphatic heterocycles. The SMILES string of the molecule is CCOC(=O)c1ccc(NC(=O)CSc2cn(CCNC(=O)c3cccs3)c3ccccc23)cc1. The van der Waals surface area contributed by atoms with Crippen LogP contribution in [0.5, 0.6) is 0 Å². The van der Waals surface area contributed by atoms with Gasteiger partial charge in [0.1, 0.15) is 0 Å². The van der Waals surface area contributed by atoms with E-state index in [0.717, 1.165) is 15.8 Å². The first-order valence-corrected chi connectivity index (χ1v) is 13.0. The minimum absolute atomic E-state index is 0.0713. The topological polar surface area (TPSA) is 89.4 Å². The molecule has 4 aromatic rings. The molecule has 0 spiro atoms. The Bertz CT molecular complexity index is 1310. The van der Waals surface area contributed by atoms with Gasteiger partial charge in [-0.2, -0.15) is 0 Å². The van der Waals surface area contributed by atoms with Crippen LogP contribution in [0.2, 0.25) is 0 Å². The number of rotatable bonds is 10. The molecule has 0 atom stereocenters. The molecule has 2 aromatic heterocycles. The van der Waals surface area contributed by atoms with Gasteiger partial charge in [0.25, 0.3) is 5.91 Å². The van der Waals surface area contributed by atoms with Crippen LogP contribution in [0, 0.1) is 0 Å². The third kappa shape index (κ3) is 6.32. The number of hydrogen-bond donors (Lipinski definition) is 2. The first-order chi connectivity index (χ1) is 17.0. The Morgan fingerprint density at radius 1 is 1.03 bits per heavy atom. The van der Waals surface area contributed by atoms with Gasteiger partial charge in [0.05, 0.1) is 22.8 Å². The van der Waals surface area contributed by atoms with Gasteiger partial charge in [-0.25, -0.2) is 4.79 Å². The van der Waals surface area contributed by atoms with Crippen LogP contribution in [0.25, 0.3) is 10.9 Å². The van der Waals surface area contributed by atoms with Crippen molar-refractivity contribution in [3.8, 4) is 0 Å². The highest BCUT2D eigenvalue weighted by molar-refractivity contribution is 8.00. The van der Waals surface area contributed by atoms with Crippen LogP contribution in [0.3, 0.4) is 0 Å². The fourth-order valence-corrected chi connectivity index (χ4v) is 5.07. The highest BCUT2D eigenvalue weighted by Crippen LogP contribution is 2.30. The van der Waals surface area contributed by atoms with Gasteiger partial charge in [-0.15, -0.1) is 23.1 Å². The predicted octanol–water partition coefficient (Wildman–Crippen LogP) is 5.04. The number of carbonyl (C=O) groups excluding carboxylic acids is 3. The second-order valence-corrected chi connectivity index (χ2v) is 9.54. The maximum absolute atomic E-state index is 12.5. The Morgan fingerprint density at radius 3 is 2.57 bits per heavy atom. The van der Waals surface area contributed by atoms with E-state index in [1.54, 1.807) is 37.3 Å². The Balaban J connectivity index is 1.34. The van der Waals surface area contributed by atoms with E-state index < -0.39 is 0 Å². The van der Waals surface area contributed by atoms with Crippen LogP contribution in [-0.2, 0) is 16.1 Å². The van der Waals surface area contributed by atoms with Crippen molar-refractivity contribution in [1.29, 1.82) is 0 Å². The summed E-state index contributed by atoms with van der Waals surface area (Å²) in [6, 6.07) is 18.3. The first kappa shape index (κ1) is 24.6. The van der Waals surface area contributed by atoms with E-state index in [1.165, 1.54) is 23.1 Å². The van der Waals surface area contributed by atoms with E-state index in [1.807, 2.05) is 41.9 Å². The summed E-state index contributed by atoms with van der Waals surface area (Å²) in [5.41, 5.74) is 2.11. The molecule has 4 rings (SSSR count). The van der Waals surface area contributed by atoms with Crippen molar-refractivity contribution in [2.45, 2.75) is 18.4 Å². The van der Waals surface area contributed by atoms with Crippen molar-refractivity contribution < 1.29 is 19.1 Å². The van der Waals surface area contributed by atoms with Crippen LogP contribution < -0.4 is 10.6 Å². The molecular weight excluding hydrogens is 482 g/mol. The Labute approximate surface area is 211 Å². The number of nitrogens with zero attached hydrogens (tertiary/aromatic N) is 1. The quantitative estimate of drug-likeness (QED) is 0.232. The Kier molecular flexibility index (Phi) is 8.23. The fourth-order valence-electron chi connectivity index (χ4n) is 3.54. The predicted molar refractivity (Wildman–Crippen MR) is 140 cm³/mol. The normalized spacial score (nSPS) is 10.8. The molecule has 9 heteroatoms. The van der Waals surface area contributed by atoms with Crippen LogP contribution in [0.4, 0.5) is 5.69 Å². The molecule has 0 aliphatic carbocycles. The zero-order valence-corrected chi connectivity index (χ0v) is 20.8. The number of nitrogens with one attached hydrogen (secondary N) is 2. The molecule has 0 saturated heterocycles. The number of thiophene rings is 1. The molecular formula is C26H25N3O4S2. The van der Waals surface area contributed by atoms with Gasteiger partial charge in [-0.05, 0) is 48.7 Å². The van der Waals surface area contributed by atoms with Crippen LogP contribution in [0.1, 0.15) is 27.0 Å². The lowest BCUT2D eigenvalue weighted by Crippen LogP contribution is -2.26. The van der Waals surface area contributed by atoms with Crippen molar-refractivity contribution in [2.75, 3.05) is 24.2 Å². The van der Waals surface area contributed by atoms with E-state index >= 15 is 0 Å². The second-order valence-electron chi connectivity index (χ2n) is 7.57. The molecule has 2 N–H and O–H groups in total. The number of thioether (sulfide) groups is 1. The van der Waals surface area contributed by atoms with Crippen LogP contribution >= 0.6 is 23.1 Å². The molecule has 180 valence electrons. The number of amides is 2. The lowest BCUT2D eigenvalue weighted by molar-refractivity contribution is -0.113. The van der Waals surface area contributed by atoms with E-state index in [4.69, 9.17) is 4.74 Å². The number of ether oxygens (including phenoxy) is 1. The molecule has 35 heavy (non-hydrogen) atoms. The van der Waals surface area contributed by atoms with Crippen molar-refractivity contribution in [1.82, 2.24) is 9.88 Å². The summed E-state index contributed by atoms with van der Waals surface area (Å²) in [5, 5.41) is 8.76. The van der Waals surface area contributed by atoms with Gasteiger partial charge in [0.2, 0.25) is 5.91 Å². The number of para-hydroxylation sites is 1. The Morgan fingerprint density at radius 2 is 1.83 bits per heavy atom. The molecule has 2 amide bonds. The van der Waals surface area contributed by atoms with E-state index in [0.29, 0.717) is 35.8 Å². The minimum Gasteiger partial charge on any atom is -0.462 e. The molecule has 2 heterocycles. The number of aromatic nitrogens is 1. The standard InChI is InChI=1S/C26H25N3O4S2/c1-2-33-26(32)18-9-11-19(12-10-18)28-24(30)17-35-23-16-29(21-7-4-3-6-20(21)23)14-13-27-25(31)22-8-5-15-34-22/h3-12,15-16H,2,13-14,17H2,1H3,(H,27,31)(H,28,30). The zero-order chi connectivity index (χ0) is 24.6. The number of fused-ring (bicyclic) bond motifs is 1. The summed E-state index contributed by atoms with van der Waals surface area (Å²) in [6.45, 7) is 3.19. The van der Waals surface area contributed by atoms with E-state index in [2.05, 4.69) is 15.2 Å². The number of benzene rings is 2. The summed E-state index contributed by atoms with van der Waals surface area (Å²) in [4.78, 5) is 38.2. The van der Waals surface area contributed by atoms with E-state index in [-0.39, 0.29) is 23.5 Å². The van der Waals surface area contributed by atoms with Gasteiger partial charge in [-0.3, -0.25) is 9.59 Å². The van der Waals surface area contributed by atoms with Crippen molar-refractivity contribution >= 4 is 57.5 Å². The minimum atomic E-state index is -0.386. The van der Waals surface area contributed by atoms with Gasteiger partial charge >= 0.3 is 5.97 Å². The van der Waals surface area contributed by atoms with Gasteiger partial charge in [-0.1, -0.05) is 24.3 Å². The van der Waals surface area contributed by atoms with Gasteiger partial charge in [0.15, 0.2) is 0 Å². The number of hydrogen-bond acceptors (Lipinski definition) is 6. The molecule has 0 saturated carbocycles. The maximum atomic E-state index is 12.5. The maximum Gasteiger partial charge on any atom is 0.338 e. The highest BCUT2D eigenvalue weighted by atomic mass is 32.2. The summed E-state index contributed by atoms with van der Waals surface area (Å²) in [7, 11) is 0. The average molecular weight is 508 g/mol. The summed E-state index contributed by atoms with van der Waals surface area (Å²) in [6.07, 6.45) is 2.02. The fraction of sp³-hybridized carbons (Fsp3) is 0.192. The van der Waals surface area contributed by atoms with Crippen LogP contribution in [-0.4, -0.2) is 41.3 Å². The van der Waals surface area contributed by atoms with Crippen molar-refractivity contribution in [3.63, 3.8) is 0 Å². The zero-order valence-electron chi connectivity index (χ0n) is 19.2. The van der Waals surface area contributed by atoms with E-state index in [9.17, 15) is 14.4 Å². The second kappa shape index (κ2) is 11.7. The van der Waals surface area contributed by atoms with Gasteiger partial charge < -0.3 is 19.9 Å². The molecule has 0 aliphatic rings. The Hall–Kier alpha value is -3.56. The number of anilines is 1. The molecule has 0 fully saturated rings. The van der Waals surface area contributed by atoms with Crippen LogP contribution in [0.15, 0.2) is 77.1 Å². The number of esters is 1. The third-order valence-electron chi connectivity index (χ3n) is 5.17. The lowest BCUT2D eigenvalue weighted by atomic mass is 10.2. The molecule has 0 unspecified atom stereocenters. The lowest BCUT2D eigenvalue weighted by Gasteiger charge is -2.07. The smallest absolute Gasteiger partial charge is 0.338 e. The molecule has 0 bridgehead atoms. The van der Waals surface area contributed by atoms with Gasteiger partial charge in [0, 0.05) is 40.8 Å². The summed E-state index contributed by atoms with van der Waals surface area (Å²) >= 11 is 2.87. The summed E-state index contributed by atoms with van der Waals surface area (Å²) in [5.74, 6) is -0.358. The molecule has 7 nitrogen and oxygen atoms in total. The average Bonchev–Trinajstić information content (AvgIpc) is 3.52. The van der Waals surface area contributed by atoms with Crippen molar-refractivity contribution in [3.05, 3.63) is 82.7 Å². The monoisotopic (exact) mass is 507 g/mol. The first-order valence-electron chi connectivity index (χ1n) is 11.1.